The van der Waals surface area contributed by atoms with Crippen molar-refractivity contribution >= 4 is 40.8 Å². The summed E-state index contributed by atoms with van der Waals surface area (Å²) in [5.74, 6) is 0.424. The van der Waals surface area contributed by atoms with E-state index in [1.54, 1.807) is 18.2 Å². The second kappa shape index (κ2) is 7.00. The largest absolute Gasteiger partial charge is 0.422 e. The van der Waals surface area contributed by atoms with Gasteiger partial charge < -0.3 is 16.2 Å². The number of aromatic nitrogens is 2. The van der Waals surface area contributed by atoms with Gasteiger partial charge in [0.25, 0.3) is 0 Å². The Kier molecular flexibility index (Phi) is 4.95. The smallest absolute Gasteiger partial charge is 0.231 e. The summed E-state index contributed by atoms with van der Waals surface area (Å²) < 4.78 is 5.54. The maximum absolute atomic E-state index is 9.59. The summed E-state index contributed by atoms with van der Waals surface area (Å²) >= 11 is 14.1. The Morgan fingerprint density at radius 2 is 1.92 bits per heavy atom. The molecule has 1 atom stereocenters. The van der Waals surface area contributed by atoms with Crippen molar-refractivity contribution in [3.8, 4) is 11.9 Å². The molecule has 1 aliphatic rings. The molecule has 0 bridgehead atoms. The molecule has 1 aliphatic heterocycles. The zero-order chi connectivity index (χ0) is 18.1. The van der Waals surface area contributed by atoms with Gasteiger partial charge in [-0.25, -0.2) is 4.98 Å². The number of thioether (sulfide) groups is 1. The third kappa shape index (κ3) is 3.09. The third-order valence-electron chi connectivity index (χ3n) is 3.65. The predicted octanol–water partition coefficient (Wildman–Crippen LogP) is 3.70. The van der Waals surface area contributed by atoms with E-state index in [4.69, 9.17) is 39.4 Å². The van der Waals surface area contributed by atoms with Crippen LogP contribution in [-0.2, 0) is 0 Å². The van der Waals surface area contributed by atoms with Crippen molar-refractivity contribution < 1.29 is 4.74 Å². The zero-order valence-corrected chi connectivity index (χ0v) is 15.4. The lowest BCUT2D eigenvalue weighted by atomic mass is 9.84. The van der Waals surface area contributed by atoms with E-state index in [-0.39, 0.29) is 23.2 Å². The SMILES string of the molecule is CCSc1nc(N)c2c(n1)OC(N)=C(C#N)[C@@H]2c1c(Cl)cccc1Cl. The van der Waals surface area contributed by atoms with Crippen molar-refractivity contribution in [3.05, 3.63) is 50.8 Å². The normalized spacial score (nSPS) is 16.2. The molecule has 128 valence electrons. The van der Waals surface area contributed by atoms with Crippen LogP contribution in [0.25, 0.3) is 0 Å². The summed E-state index contributed by atoms with van der Waals surface area (Å²) in [6.45, 7) is 1.97. The summed E-state index contributed by atoms with van der Waals surface area (Å²) in [5, 5.41) is 10.8. The number of hydrogen-bond acceptors (Lipinski definition) is 7. The first-order valence-corrected chi connectivity index (χ1v) is 9.03. The van der Waals surface area contributed by atoms with Gasteiger partial charge in [-0.1, -0.05) is 48.0 Å². The van der Waals surface area contributed by atoms with Crippen LogP contribution in [0.5, 0.6) is 5.88 Å². The monoisotopic (exact) mass is 393 g/mol. The van der Waals surface area contributed by atoms with Gasteiger partial charge in [0.05, 0.1) is 11.5 Å². The van der Waals surface area contributed by atoms with Crippen molar-refractivity contribution in [1.29, 1.82) is 5.26 Å². The van der Waals surface area contributed by atoms with Crippen molar-refractivity contribution in [2.24, 2.45) is 5.73 Å². The maximum atomic E-state index is 9.59. The number of benzene rings is 1. The lowest BCUT2D eigenvalue weighted by Crippen LogP contribution is -2.24. The van der Waals surface area contributed by atoms with Crippen LogP contribution in [0.2, 0.25) is 10.0 Å². The van der Waals surface area contributed by atoms with E-state index in [0.717, 1.165) is 5.75 Å². The Morgan fingerprint density at radius 1 is 1.24 bits per heavy atom. The van der Waals surface area contributed by atoms with Crippen LogP contribution in [-0.4, -0.2) is 15.7 Å². The molecular weight excluding hydrogens is 381 g/mol. The summed E-state index contributed by atoms with van der Waals surface area (Å²) in [5.41, 5.74) is 13.2. The topological polar surface area (TPSA) is 111 Å². The van der Waals surface area contributed by atoms with Gasteiger partial charge in [0.15, 0.2) is 5.16 Å². The minimum atomic E-state index is -0.698. The van der Waals surface area contributed by atoms with Gasteiger partial charge in [-0.05, 0) is 17.9 Å². The number of ether oxygens (including phenoxy) is 1. The highest BCUT2D eigenvalue weighted by molar-refractivity contribution is 7.99. The average molecular weight is 394 g/mol. The minimum Gasteiger partial charge on any atom is -0.422 e. The fraction of sp³-hybridized carbons (Fsp3) is 0.188. The first-order chi connectivity index (χ1) is 12.0. The summed E-state index contributed by atoms with van der Waals surface area (Å²) in [6.07, 6.45) is 0. The Morgan fingerprint density at radius 3 is 2.52 bits per heavy atom. The predicted molar refractivity (Wildman–Crippen MR) is 98.6 cm³/mol. The highest BCUT2D eigenvalue weighted by Gasteiger charge is 2.36. The van der Waals surface area contributed by atoms with E-state index in [1.807, 2.05) is 6.92 Å². The third-order valence-corrected chi connectivity index (χ3v) is 5.04. The van der Waals surface area contributed by atoms with Crippen LogP contribution in [0, 0.1) is 11.3 Å². The van der Waals surface area contributed by atoms with Crippen molar-refractivity contribution in [2.75, 3.05) is 11.5 Å². The molecule has 2 aromatic rings. The number of hydrogen-bond donors (Lipinski definition) is 2. The zero-order valence-electron chi connectivity index (χ0n) is 13.1. The van der Waals surface area contributed by atoms with E-state index < -0.39 is 5.92 Å². The first kappa shape index (κ1) is 17.7. The molecule has 0 radical (unpaired) electrons. The van der Waals surface area contributed by atoms with Gasteiger partial charge in [-0.15, -0.1) is 0 Å². The molecule has 0 aliphatic carbocycles. The number of nitrogens with two attached hydrogens (primary N) is 2. The number of allylic oxidation sites excluding steroid dienone is 1. The molecule has 0 spiro atoms. The fourth-order valence-corrected chi connectivity index (χ4v) is 3.81. The molecule has 0 amide bonds. The van der Waals surface area contributed by atoms with E-state index >= 15 is 0 Å². The van der Waals surface area contributed by atoms with Crippen molar-refractivity contribution in [2.45, 2.75) is 18.0 Å². The molecular formula is C16H13Cl2N5OS. The second-order valence-corrected chi connectivity index (χ2v) is 7.15. The molecule has 2 heterocycles. The number of halogens is 2. The van der Waals surface area contributed by atoms with Crippen LogP contribution in [0.3, 0.4) is 0 Å². The quantitative estimate of drug-likeness (QED) is 0.603. The molecule has 6 nitrogen and oxygen atoms in total. The fourth-order valence-electron chi connectivity index (χ4n) is 2.63. The Hall–Kier alpha value is -2.14. The Bertz CT molecular complexity index is 905. The van der Waals surface area contributed by atoms with Gasteiger partial charge in [-0.3, -0.25) is 0 Å². The second-order valence-electron chi connectivity index (χ2n) is 5.10. The highest BCUT2D eigenvalue weighted by Crippen LogP contribution is 2.47. The number of nitrogen functional groups attached to an aromatic ring is 1. The molecule has 1 aromatic carbocycles. The molecule has 25 heavy (non-hydrogen) atoms. The van der Waals surface area contributed by atoms with Crippen LogP contribution in [0.1, 0.15) is 24.0 Å². The van der Waals surface area contributed by atoms with Gasteiger partial charge in [0.2, 0.25) is 11.8 Å². The Balaban J connectivity index is 2.30. The molecule has 4 N–H and O–H groups in total. The van der Waals surface area contributed by atoms with Gasteiger partial charge in [0, 0.05) is 15.6 Å². The summed E-state index contributed by atoms with van der Waals surface area (Å²) in [7, 11) is 0. The average Bonchev–Trinajstić information content (AvgIpc) is 2.54. The van der Waals surface area contributed by atoms with Crippen molar-refractivity contribution in [3.63, 3.8) is 0 Å². The molecule has 3 rings (SSSR count). The molecule has 0 saturated carbocycles. The minimum absolute atomic E-state index is 0.0541. The van der Waals surface area contributed by atoms with Crippen LogP contribution >= 0.6 is 35.0 Å². The van der Waals surface area contributed by atoms with Gasteiger partial charge >= 0.3 is 0 Å². The Labute approximate surface area is 158 Å². The van der Waals surface area contributed by atoms with Crippen molar-refractivity contribution in [1.82, 2.24) is 9.97 Å². The van der Waals surface area contributed by atoms with E-state index in [0.29, 0.717) is 26.3 Å². The summed E-state index contributed by atoms with van der Waals surface area (Å²) in [4.78, 5) is 8.65. The first-order valence-electron chi connectivity index (χ1n) is 7.29. The molecule has 9 heteroatoms. The van der Waals surface area contributed by atoms with Crippen LogP contribution in [0.4, 0.5) is 5.82 Å². The van der Waals surface area contributed by atoms with E-state index in [9.17, 15) is 5.26 Å². The van der Waals surface area contributed by atoms with E-state index in [1.165, 1.54) is 11.8 Å². The molecule has 0 fully saturated rings. The van der Waals surface area contributed by atoms with Gasteiger partial charge in [-0.2, -0.15) is 10.2 Å². The maximum Gasteiger partial charge on any atom is 0.231 e. The van der Waals surface area contributed by atoms with Crippen LogP contribution in [0.15, 0.2) is 34.8 Å². The number of rotatable bonds is 3. The number of anilines is 1. The number of nitrogens with zero attached hydrogens (tertiary/aromatic N) is 3. The van der Waals surface area contributed by atoms with E-state index in [2.05, 4.69) is 16.0 Å². The highest BCUT2D eigenvalue weighted by atomic mass is 35.5. The lowest BCUT2D eigenvalue weighted by Gasteiger charge is -2.27. The molecule has 0 saturated heterocycles. The molecule has 1 aromatic heterocycles. The molecule has 0 unspecified atom stereocenters. The standard InChI is InChI=1S/C16H13Cl2N5OS/c1-2-25-16-22-13(20)12-10(11-8(17)4-3-5-9(11)18)7(6-19)14(21)24-15(12)23-16/h3-5,10H,2,21H2,1H3,(H2,20,22,23)/t10-/m1/s1. The number of fused-ring (bicyclic) bond motifs is 1. The van der Waals surface area contributed by atoms with Gasteiger partial charge in [0.1, 0.15) is 17.5 Å². The lowest BCUT2D eigenvalue weighted by molar-refractivity contribution is 0.373. The summed E-state index contributed by atoms with van der Waals surface area (Å²) in [6, 6.07) is 7.14. The van der Waals surface area contributed by atoms with Crippen LogP contribution < -0.4 is 16.2 Å². The number of nitriles is 1.